The molecule has 136 valence electrons. The molecule has 1 amide bonds. The molecular weight excluding hydrogens is 336 g/mol. The van der Waals surface area contributed by atoms with Gasteiger partial charge in [-0.05, 0) is 48.4 Å². The normalized spacial score (nSPS) is 12.2. The summed E-state index contributed by atoms with van der Waals surface area (Å²) >= 11 is 0. The Kier molecular flexibility index (Phi) is 5.58. The molecule has 0 saturated heterocycles. The van der Waals surface area contributed by atoms with Crippen molar-refractivity contribution >= 4 is 12.1 Å². The number of benzene rings is 2. The van der Waals surface area contributed by atoms with Gasteiger partial charge in [0, 0.05) is 5.56 Å². The van der Waals surface area contributed by atoms with Crippen LogP contribution in [0.4, 0.5) is 0 Å². The molecule has 7 nitrogen and oxygen atoms in total. The lowest BCUT2D eigenvalue weighted by atomic mass is 10.2. The average molecular weight is 356 g/mol. The zero-order valence-corrected chi connectivity index (χ0v) is 14.7. The summed E-state index contributed by atoms with van der Waals surface area (Å²) < 4.78 is 21.4. The molecule has 0 aliphatic carbocycles. The molecule has 0 fully saturated rings. The molecule has 3 rings (SSSR count). The van der Waals surface area contributed by atoms with Crippen molar-refractivity contribution in [2.45, 2.75) is 13.3 Å². The van der Waals surface area contributed by atoms with E-state index in [0.717, 1.165) is 12.0 Å². The average Bonchev–Trinajstić information content (AvgIpc) is 3.14. The van der Waals surface area contributed by atoms with Crippen LogP contribution in [0.25, 0.3) is 0 Å². The van der Waals surface area contributed by atoms with Crippen LogP contribution in [0.2, 0.25) is 0 Å². The fourth-order valence-electron chi connectivity index (χ4n) is 2.36. The molecule has 1 N–H and O–H groups in total. The van der Waals surface area contributed by atoms with E-state index < -0.39 is 0 Å². The quantitative estimate of drug-likeness (QED) is 0.609. The van der Waals surface area contributed by atoms with Gasteiger partial charge >= 0.3 is 0 Å². The Morgan fingerprint density at radius 3 is 2.85 bits per heavy atom. The molecule has 1 aliphatic rings. The highest BCUT2D eigenvalue weighted by Crippen LogP contribution is 2.32. The topological polar surface area (TPSA) is 78.4 Å². The first-order chi connectivity index (χ1) is 12.7. The second-order valence-corrected chi connectivity index (χ2v) is 5.53. The van der Waals surface area contributed by atoms with E-state index in [-0.39, 0.29) is 12.7 Å². The molecule has 26 heavy (non-hydrogen) atoms. The van der Waals surface area contributed by atoms with Crippen LogP contribution in [-0.2, 0) is 0 Å². The molecule has 0 spiro atoms. The van der Waals surface area contributed by atoms with Gasteiger partial charge in [0.05, 0.1) is 19.9 Å². The number of hydrogen-bond donors (Lipinski definition) is 1. The molecule has 0 bridgehead atoms. The molecule has 7 heteroatoms. The largest absolute Gasteiger partial charge is 0.493 e. The molecule has 0 unspecified atom stereocenters. The number of nitrogens with zero attached hydrogens (tertiary/aromatic N) is 1. The third-order valence-corrected chi connectivity index (χ3v) is 3.66. The minimum absolute atomic E-state index is 0.165. The van der Waals surface area contributed by atoms with Crippen molar-refractivity contribution in [3.63, 3.8) is 0 Å². The second kappa shape index (κ2) is 8.24. The Balaban J connectivity index is 1.63. The zero-order valence-electron chi connectivity index (χ0n) is 14.7. The maximum absolute atomic E-state index is 12.2. The van der Waals surface area contributed by atoms with Gasteiger partial charge in [-0.15, -0.1) is 0 Å². The highest BCUT2D eigenvalue weighted by atomic mass is 16.7. The van der Waals surface area contributed by atoms with E-state index in [0.29, 0.717) is 35.2 Å². The van der Waals surface area contributed by atoms with Crippen molar-refractivity contribution in [3.8, 4) is 23.0 Å². The minimum atomic E-state index is -0.339. The molecule has 1 heterocycles. The third-order valence-electron chi connectivity index (χ3n) is 3.66. The summed E-state index contributed by atoms with van der Waals surface area (Å²) in [4.78, 5) is 12.2. The van der Waals surface area contributed by atoms with E-state index in [4.69, 9.17) is 18.9 Å². The summed E-state index contributed by atoms with van der Waals surface area (Å²) in [6, 6.07) is 10.4. The van der Waals surface area contributed by atoms with E-state index in [9.17, 15) is 4.79 Å². The number of carbonyl (C=O) groups is 1. The van der Waals surface area contributed by atoms with E-state index in [1.54, 1.807) is 31.4 Å². The van der Waals surface area contributed by atoms with Crippen LogP contribution in [0.1, 0.15) is 29.3 Å². The number of amides is 1. The molecule has 0 saturated carbocycles. The molecule has 2 aromatic rings. The first-order valence-electron chi connectivity index (χ1n) is 8.25. The third kappa shape index (κ3) is 4.05. The van der Waals surface area contributed by atoms with E-state index >= 15 is 0 Å². The highest BCUT2D eigenvalue weighted by molar-refractivity contribution is 5.95. The van der Waals surface area contributed by atoms with Gasteiger partial charge in [-0.3, -0.25) is 4.79 Å². The summed E-state index contributed by atoms with van der Waals surface area (Å²) in [7, 11) is 1.58. The van der Waals surface area contributed by atoms with Gasteiger partial charge in [-0.25, -0.2) is 5.43 Å². The maximum Gasteiger partial charge on any atom is 0.271 e. The molecule has 0 atom stereocenters. The second-order valence-electron chi connectivity index (χ2n) is 5.53. The number of fused-ring (bicyclic) bond motifs is 1. The van der Waals surface area contributed by atoms with Crippen molar-refractivity contribution in [1.29, 1.82) is 0 Å². The number of methoxy groups -OCH3 is 1. The zero-order chi connectivity index (χ0) is 18.4. The predicted octanol–water partition coefficient (Wildman–Crippen LogP) is 2.98. The Labute approximate surface area is 151 Å². The SMILES string of the molecule is CCCOc1ccc(C=NNC(=O)c2ccc3c(c2)OCO3)cc1OC. The van der Waals surface area contributed by atoms with Gasteiger partial charge in [-0.1, -0.05) is 6.92 Å². The monoisotopic (exact) mass is 356 g/mol. The molecule has 1 aliphatic heterocycles. The van der Waals surface area contributed by atoms with Gasteiger partial charge in [0.2, 0.25) is 6.79 Å². The molecular formula is C19H20N2O5. The van der Waals surface area contributed by atoms with E-state index in [2.05, 4.69) is 10.5 Å². The summed E-state index contributed by atoms with van der Waals surface area (Å²) in [5, 5.41) is 3.99. The maximum atomic E-state index is 12.2. The van der Waals surface area contributed by atoms with E-state index in [1.807, 2.05) is 19.1 Å². The number of ether oxygens (including phenoxy) is 4. The lowest BCUT2D eigenvalue weighted by molar-refractivity contribution is 0.0954. The van der Waals surface area contributed by atoms with E-state index in [1.165, 1.54) is 6.21 Å². The van der Waals surface area contributed by atoms with Crippen molar-refractivity contribution in [3.05, 3.63) is 47.5 Å². The highest BCUT2D eigenvalue weighted by Gasteiger charge is 2.15. The Bertz CT molecular complexity index is 820. The van der Waals surface area contributed by atoms with Crippen LogP contribution in [0, 0.1) is 0 Å². The van der Waals surface area contributed by atoms with Gasteiger partial charge in [-0.2, -0.15) is 5.10 Å². The predicted molar refractivity (Wildman–Crippen MR) is 96.4 cm³/mol. The van der Waals surface area contributed by atoms with Gasteiger partial charge in [0.15, 0.2) is 23.0 Å². The first kappa shape index (κ1) is 17.6. The number of nitrogens with one attached hydrogen (secondary N) is 1. The molecule has 0 radical (unpaired) electrons. The van der Waals surface area contributed by atoms with Crippen molar-refractivity contribution in [2.75, 3.05) is 20.5 Å². The Hall–Kier alpha value is -3.22. The lowest BCUT2D eigenvalue weighted by Gasteiger charge is -2.10. The van der Waals surface area contributed by atoms with Gasteiger partial charge < -0.3 is 18.9 Å². The van der Waals surface area contributed by atoms with Crippen LogP contribution in [-0.4, -0.2) is 32.6 Å². The van der Waals surface area contributed by atoms with Crippen molar-refractivity contribution < 1.29 is 23.7 Å². The first-order valence-corrected chi connectivity index (χ1v) is 8.25. The fourth-order valence-corrected chi connectivity index (χ4v) is 2.36. The van der Waals surface area contributed by atoms with Crippen LogP contribution in [0.15, 0.2) is 41.5 Å². The Morgan fingerprint density at radius 1 is 1.19 bits per heavy atom. The number of hydrazone groups is 1. The molecule has 2 aromatic carbocycles. The van der Waals surface area contributed by atoms with Crippen LogP contribution in [0.5, 0.6) is 23.0 Å². The summed E-state index contributed by atoms with van der Waals surface area (Å²) in [6.07, 6.45) is 2.45. The van der Waals surface area contributed by atoms with Crippen molar-refractivity contribution in [1.82, 2.24) is 5.43 Å². The van der Waals surface area contributed by atoms with Crippen LogP contribution >= 0.6 is 0 Å². The van der Waals surface area contributed by atoms with Crippen molar-refractivity contribution in [2.24, 2.45) is 5.10 Å². The molecule has 0 aromatic heterocycles. The lowest BCUT2D eigenvalue weighted by Crippen LogP contribution is -2.17. The smallest absolute Gasteiger partial charge is 0.271 e. The number of rotatable bonds is 7. The van der Waals surface area contributed by atoms with Crippen LogP contribution < -0.4 is 24.4 Å². The van der Waals surface area contributed by atoms with Gasteiger partial charge in [0.1, 0.15) is 0 Å². The fraction of sp³-hybridized carbons (Fsp3) is 0.263. The number of carbonyl (C=O) groups excluding carboxylic acids is 1. The summed E-state index contributed by atoms with van der Waals surface area (Å²) in [5.74, 6) is 2.13. The summed E-state index contributed by atoms with van der Waals surface area (Å²) in [5.41, 5.74) is 3.70. The standard InChI is InChI=1S/C19H20N2O5/c1-3-8-24-15-6-4-13(9-17(15)23-2)11-20-21-19(22)14-5-7-16-18(10-14)26-12-25-16/h4-7,9-11H,3,8,12H2,1-2H3,(H,21,22). The number of hydrogen-bond acceptors (Lipinski definition) is 6. The summed E-state index contributed by atoms with van der Waals surface area (Å²) in [6.45, 7) is 2.82. The minimum Gasteiger partial charge on any atom is -0.493 e. The van der Waals surface area contributed by atoms with Gasteiger partial charge in [0.25, 0.3) is 5.91 Å². The van der Waals surface area contributed by atoms with Crippen LogP contribution in [0.3, 0.4) is 0 Å². The Morgan fingerprint density at radius 2 is 2.04 bits per heavy atom.